The normalized spacial score (nSPS) is 18.3. The highest BCUT2D eigenvalue weighted by atomic mass is 32.2. The molecule has 2 amide bonds. The third kappa shape index (κ3) is 6.50. The number of hydrogen-bond donors (Lipinski definition) is 1. The maximum Gasteiger partial charge on any atom is 0.448 e. The van der Waals surface area contributed by atoms with Crippen LogP contribution in [0.15, 0.2) is 23.2 Å². The Bertz CT molecular complexity index is 911. The van der Waals surface area contributed by atoms with Crippen LogP contribution in [0.2, 0.25) is 0 Å². The molecular formula is C18H20F6N4O4S. The summed E-state index contributed by atoms with van der Waals surface area (Å²) in [5, 5.41) is 1.07. The van der Waals surface area contributed by atoms with E-state index in [-0.39, 0.29) is 22.8 Å². The van der Waals surface area contributed by atoms with Crippen LogP contribution in [-0.4, -0.2) is 65.2 Å². The van der Waals surface area contributed by atoms with Gasteiger partial charge in [0.2, 0.25) is 0 Å². The number of halogens is 6. The number of urea groups is 1. The smallest absolute Gasteiger partial charge is 0.448 e. The molecule has 0 fully saturated rings. The zero-order chi connectivity index (χ0) is 25.0. The van der Waals surface area contributed by atoms with Crippen molar-refractivity contribution in [2.45, 2.75) is 44.1 Å². The van der Waals surface area contributed by atoms with E-state index in [2.05, 4.69) is 19.5 Å². The number of carbonyl (C=O) groups excluding carboxylic acids is 2. The van der Waals surface area contributed by atoms with Gasteiger partial charge in [-0.2, -0.15) is 26.3 Å². The van der Waals surface area contributed by atoms with Crippen LogP contribution in [0.5, 0.6) is 0 Å². The molecule has 0 saturated carbocycles. The molecule has 8 nitrogen and oxygen atoms in total. The second-order valence-corrected chi connectivity index (χ2v) is 8.16. The van der Waals surface area contributed by atoms with Gasteiger partial charge in [0.1, 0.15) is 12.4 Å². The first kappa shape index (κ1) is 26.7. The van der Waals surface area contributed by atoms with Gasteiger partial charge in [0.25, 0.3) is 0 Å². The Labute approximate surface area is 188 Å². The first-order valence-corrected chi connectivity index (χ1v) is 10.3. The largest absolute Gasteiger partial charge is 0.462 e. The van der Waals surface area contributed by atoms with Crippen molar-refractivity contribution in [2.75, 3.05) is 24.7 Å². The monoisotopic (exact) mass is 502 g/mol. The van der Waals surface area contributed by atoms with E-state index in [4.69, 9.17) is 0 Å². The first-order valence-electron chi connectivity index (χ1n) is 9.42. The Hall–Kier alpha value is -2.55. The Morgan fingerprint density at radius 1 is 1.24 bits per heavy atom. The van der Waals surface area contributed by atoms with Crippen LogP contribution >= 0.6 is 11.8 Å². The number of rotatable bonds is 6. The van der Waals surface area contributed by atoms with Gasteiger partial charge >= 0.3 is 30.1 Å². The van der Waals surface area contributed by atoms with E-state index in [9.17, 15) is 35.9 Å². The lowest BCUT2D eigenvalue weighted by Gasteiger charge is -2.35. The van der Waals surface area contributed by atoms with Crippen molar-refractivity contribution in [1.29, 1.82) is 0 Å². The lowest BCUT2D eigenvalue weighted by molar-refractivity contribution is -0.305. The maximum atomic E-state index is 14.0. The van der Waals surface area contributed by atoms with Crippen LogP contribution in [0.4, 0.5) is 37.0 Å². The highest BCUT2D eigenvalue weighted by molar-refractivity contribution is 8.15. The van der Waals surface area contributed by atoms with Crippen LogP contribution in [0.25, 0.3) is 0 Å². The fraction of sp³-hybridized carbons (Fsp3) is 0.556. The first-order chi connectivity index (χ1) is 15.2. The highest BCUT2D eigenvalue weighted by Crippen LogP contribution is 2.36. The number of nitrogens with zero attached hydrogens (tertiary/aromatic N) is 3. The number of aryl methyl sites for hydroxylation is 1. The van der Waals surface area contributed by atoms with Crippen molar-refractivity contribution in [3.05, 3.63) is 23.9 Å². The summed E-state index contributed by atoms with van der Waals surface area (Å²) in [6, 6.07) is 2.66. The van der Waals surface area contributed by atoms with Crippen LogP contribution in [-0.2, 0) is 14.3 Å². The average Bonchev–Trinajstić information content (AvgIpc) is 3.09. The molecule has 2 heterocycles. The molecule has 0 bridgehead atoms. The van der Waals surface area contributed by atoms with Crippen molar-refractivity contribution >= 4 is 34.7 Å². The van der Waals surface area contributed by atoms with Crippen molar-refractivity contribution in [2.24, 2.45) is 4.99 Å². The molecule has 184 valence electrons. The summed E-state index contributed by atoms with van der Waals surface area (Å²) in [6.07, 6.45) is -11.1. The molecule has 0 aliphatic carbocycles. The Kier molecular flexibility index (Phi) is 8.22. The average molecular weight is 502 g/mol. The number of ether oxygens (including phenoxy) is 2. The molecule has 1 aromatic rings. The molecule has 1 aromatic heterocycles. The van der Waals surface area contributed by atoms with Crippen molar-refractivity contribution in [3.8, 4) is 0 Å². The summed E-state index contributed by atoms with van der Waals surface area (Å²) in [6.45, 7) is 1.55. The summed E-state index contributed by atoms with van der Waals surface area (Å²) in [4.78, 5) is 34.1. The number of thioether (sulfide) groups is 1. The van der Waals surface area contributed by atoms with Crippen molar-refractivity contribution < 1.29 is 45.4 Å². The van der Waals surface area contributed by atoms with Crippen LogP contribution in [0.1, 0.15) is 19.5 Å². The standard InChI is InChI=1S/C18H20F6N4O4S/c1-4-31-13(29)17(18(22,23)24,32-9-16(19,20)21)27-14(30)28(15-25-8-11(3)33-15)12-7-5-6-10(2)26-12/h5-7,11H,4,8-9H2,1-3H3,(H,27,30). The van der Waals surface area contributed by atoms with E-state index in [1.165, 1.54) is 17.4 Å². The third-order valence-corrected chi connectivity index (χ3v) is 5.06. The topological polar surface area (TPSA) is 93.1 Å². The lowest BCUT2D eigenvalue weighted by Crippen LogP contribution is -2.68. The number of anilines is 1. The second kappa shape index (κ2) is 10.2. The van der Waals surface area contributed by atoms with Crippen LogP contribution in [0, 0.1) is 6.92 Å². The predicted octanol–water partition coefficient (Wildman–Crippen LogP) is 3.80. The summed E-state index contributed by atoms with van der Waals surface area (Å²) in [7, 11) is 0. The molecule has 2 rings (SSSR count). The van der Waals surface area contributed by atoms with Gasteiger partial charge < -0.3 is 9.47 Å². The molecule has 0 saturated heterocycles. The van der Waals surface area contributed by atoms with E-state index in [1.807, 2.05) is 0 Å². The molecule has 0 radical (unpaired) electrons. The SMILES string of the molecule is CCOC(=O)C(NC(=O)N(C1=NCC(C)S1)c1cccc(C)n1)(OCC(F)(F)F)C(F)(F)F. The van der Waals surface area contributed by atoms with E-state index >= 15 is 0 Å². The van der Waals surface area contributed by atoms with Gasteiger partial charge in [-0.05, 0) is 26.0 Å². The van der Waals surface area contributed by atoms with Gasteiger partial charge in [0.15, 0.2) is 5.17 Å². The molecule has 0 aromatic carbocycles. The number of carbonyl (C=O) groups is 2. The number of amides is 2. The quantitative estimate of drug-likeness (QED) is 0.362. The van der Waals surface area contributed by atoms with Gasteiger partial charge in [0, 0.05) is 10.9 Å². The number of esters is 1. The van der Waals surface area contributed by atoms with E-state index in [1.54, 1.807) is 19.9 Å². The van der Waals surface area contributed by atoms with Gasteiger partial charge in [-0.15, -0.1) is 0 Å². The number of pyridine rings is 1. The Morgan fingerprint density at radius 2 is 1.91 bits per heavy atom. The molecule has 1 N–H and O–H groups in total. The lowest BCUT2D eigenvalue weighted by atomic mass is 10.2. The number of alkyl halides is 6. The Balaban J connectivity index is 2.54. The number of amidine groups is 1. The molecule has 1 aliphatic heterocycles. The van der Waals surface area contributed by atoms with Crippen LogP contribution in [0.3, 0.4) is 0 Å². The van der Waals surface area contributed by atoms with Gasteiger partial charge in [0.05, 0.1) is 13.2 Å². The molecule has 2 atom stereocenters. The van der Waals surface area contributed by atoms with Gasteiger partial charge in [-0.1, -0.05) is 24.8 Å². The maximum absolute atomic E-state index is 14.0. The fourth-order valence-corrected chi connectivity index (χ4v) is 3.51. The number of hydrogen-bond acceptors (Lipinski definition) is 7. The van der Waals surface area contributed by atoms with Crippen molar-refractivity contribution in [3.63, 3.8) is 0 Å². The Morgan fingerprint density at radius 3 is 2.39 bits per heavy atom. The van der Waals surface area contributed by atoms with Gasteiger partial charge in [-0.3, -0.25) is 10.3 Å². The summed E-state index contributed by atoms with van der Waals surface area (Å²) < 4.78 is 88.4. The molecule has 2 unspecified atom stereocenters. The zero-order valence-corrected chi connectivity index (χ0v) is 18.4. The molecular weight excluding hydrogens is 482 g/mol. The summed E-state index contributed by atoms with van der Waals surface area (Å²) in [5.74, 6) is -2.43. The fourth-order valence-electron chi connectivity index (χ4n) is 2.57. The predicted molar refractivity (Wildman–Crippen MR) is 107 cm³/mol. The second-order valence-electron chi connectivity index (χ2n) is 6.76. The zero-order valence-electron chi connectivity index (χ0n) is 17.6. The molecule has 15 heteroatoms. The summed E-state index contributed by atoms with van der Waals surface area (Å²) in [5.41, 5.74) is -4.05. The van der Waals surface area contributed by atoms with Crippen LogP contribution < -0.4 is 10.2 Å². The minimum Gasteiger partial charge on any atom is -0.462 e. The third-order valence-electron chi connectivity index (χ3n) is 3.98. The minimum absolute atomic E-state index is 0.0612. The molecule has 33 heavy (non-hydrogen) atoms. The molecule has 1 aliphatic rings. The van der Waals surface area contributed by atoms with E-state index in [0.29, 0.717) is 10.6 Å². The van der Waals surface area contributed by atoms with Crippen molar-refractivity contribution in [1.82, 2.24) is 10.3 Å². The summed E-state index contributed by atoms with van der Waals surface area (Å²) >= 11 is 1.03. The van der Waals surface area contributed by atoms with E-state index < -0.39 is 43.3 Å². The van der Waals surface area contributed by atoms with E-state index in [0.717, 1.165) is 18.7 Å². The number of aromatic nitrogens is 1. The highest BCUT2D eigenvalue weighted by Gasteiger charge is 2.66. The molecule has 0 spiro atoms. The number of nitrogens with one attached hydrogen (secondary N) is 1. The van der Waals surface area contributed by atoms with Gasteiger partial charge in [-0.25, -0.2) is 19.5 Å². The number of aliphatic imine (C=N–C) groups is 1. The minimum atomic E-state index is -5.82.